The van der Waals surface area contributed by atoms with Crippen LogP contribution in [0.15, 0.2) is 29.0 Å². The largest absolute Gasteiger partial charge is 0.384 e. The Bertz CT molecular complexity index is 600. The third-order valence-corrected chi connectivity index (χ3v) is 3.56. The molecular weight excluding hydrogens is 327 g/mol. The maximum absolute atomic E-state index is 13.9. The molecule has 1 heterocycles. The number of halogens is 2. The summed E-state index contributed by atoms with van der Waals surface area (Å²) in [5.41, 5.74) is -1.05. The fraction of sp³-hybridized carbons (Fsp3) is 0.385. The lowest BCUT2D eigenvalue weighted by atomic mass is 9.95. The Morgan fingerprint density at radius 2 is 2.25 bits per heavy atom. The van der Waals surface area contributed by atoms with Crippen LogP contribution in [0.4, 0.5) is 4.39 Å². The lowest BCUT2D eigenvalue weighted by Gasteiger charge is -2.24. The highest BCUT2D eigenvalue weighted by Crippen LogP contribution is 2.25. The smallest absolute Gasteiger partial charge is 0.146 e. The molecule has 0 saturated heterocycles. The number of hydrogen-bond donors (Lipinski definition) is 2. The van der Waals surface area contributed by atoms with Gasteiger partial charge in [-0.15, -0.1) is 10.2 Å². The third kappa shape index (κ3) is 3.41. The van der Waals surface area contributed by atoms with E-state index in [9.17, 15) is 9.50 Å². The van der Waals surface area contributed by atoms with Crippen molar-refractivity contribution < 1.29 is 9.50 Å². The first-order chi connectivity index (χ1) is 9.40. The molecule has 0 saturated carbocycles. The maximum atomic E-state index is 13.9. The average Bonchev–Trinajstić information content (AvgIpc) is 2.74. The number of hydrogen-bond acceptors (Lipinski definition) is 4. The van der Waals surface area contributed by atoms with Gasteiger partial charge in [-0.05, 0) is 19.1 Å². The number of aliphatic hydroxyl groups is 1. The molecule has 20 heavy (non-hydrogen) atoms. The second-order valence-electron chi connectivity index (χ2n) is 4.86. The highest BCUT2D eigenvalue weighted by molar-refractivity contribution is 9.10. The average molecular weight is 343 g/mol. The Morgan fingerprint density at radius 1 is 1.50 bits per heavy atom. The van der Waals surface area contributed by atoms with Gasteiger partial charge in [-0.3, -0.25) is 0 Å². The van der Waals surface area contributed by atoms with Crippen LogP contribution in [0.25, 0.3) is 0 Å². The van der Waals surface area contributed by atoms with Gasteiger partial charge in [0.1, 0.15) is 23.6 Å². The summed E-state index contributed by atoms with van der Waals surface area (Å²) in [6, 6.07) is 4.62. The first-order valence-corrected chi connectivity index (χ1v) is 6.91. The van der Waals surface area contributed by atoms with Crippen molar-refractivity contribution in [1.29, 1.82) is 0 Å². The van der Waals surface area contributed by atoms with E-state index in [4.69, 9.17) is 0 Å². The van der Waals surface area contributed by atoms with E-state index in [0.29, 0.717) is 11.0 Å². The van der Waals surface area contributed by atoms with Crippen LogP contribution in [-0.2, 0) is 19.2 Å². The molecule has 0 amide bonds. The number of rotatable bonds is 5. The van der Waals surface area contributed by atoms with Gasteiger partial charge in [0.2, 0.25) is 0 Å². The molecule has 0 aliphatic rings. The molecule has 1 atom stereocenters. The summed E-state index contributed by atoms with van der Waals surface area (Å²) < 4.78 is 16.3. The van der Waals surface area contributed by atoms with Gasteiger partial charge in [0.15, 0.2) is 0 Å². The summed E-state index contributed by atoms with van der Waals surface area (Å²) in [6.07, 6.45) is 1.60. The van der Waals surface area contributed by atoms with Crippen molar-refractivity contribution in [2.24, 2.45) is 7.05 Å². The molecule has 0 fully saturated rings. The molecule has 7 heteroatoms. The van der Waals surface area contributed by atoms with Crippen molar-refractivity contribution in [3.05, 3.63) is 46.2 Å². The van der Waals surface area contributed by atoms with E-state index in [2.05, 4.69) is 31.4 Å². The number of nitrogens with zero attached hydrogens (tertiary/aromatic N) is 3. The highest BCUT2D eigenvalue weighted by Gasteiger charge is 2.26. The van der Waals surface area contributed by atoms with Gasteiger partial charge >= 0.3 is 0 Å². The summed E-state index contributed by atoms with van der Waals surface area (Å²) in [5.74, 6) is 0.307. The summed E-state index contributed by atoms with van der Waals surface area (Å²) >= 11 is 3.19. The van der Waals surface area contributed by atoms with Crippen LogP contribution in [-0.4, -0.2) is 26.4 Å². The molecule has 0 aliphatic carbocycles. The van der Waals surface area contributed by atoms with Crippen molar-refractivity contribution in [3.8, 4) is 0 Å². The zero-order valence-electron chi connectivity index (χ0n) is 11.3. The number of benzene rings is 1. The van der Waals surface area contributed by atoms with Gasteiger partial charge in [-0.1, -0.05) is 22.0 Å². The van der Waals surface area contributed by atoms with E-state index >= 15 is 0 Å². The number of aryl methyl sites for hydroxylation is 1. The second kappa shape index (κ2) is 5.99. The van der Waals surface area contributed by atoms with Gasteiger partial charge in [0, 0.05) is 23.6 Å². The van der Waals surface area contributed by atoms with Crippen molar-refractivity contribution >= 4 is 15.9 Å². The molecular formula is C13H16BrFN4O. The molecule has 1 aromatic carbocycles. The topological polar surface area (TPSA) is 63.0 Å². The van der Waals surface area contributed by atoms with Gasteiger partial charge in [0.25, 0.3) is 0 Å². The standard InChI is InChI=1S/C13H16BrFN4O/c1-13(20,10-4-3-9(14)5-11(10)15)7-16-6-12-18-17-8-19(12)2/h3-5,8,16,20H,6-7H2,1-2H3. The number of nitrogens with one attached hydrogen (secondary N) is 1. The Labute approximate surface area is 125 Å². The van der Waals surface area contributed by atoms with Crippen LogP contribution in [0.2, 0.25) is 0 Å². The van der Waals surface area contributed by atoms with Crippen molar-refractivity contribution in [2.45, 2.75) is 19.1 Å². The fourth-order valence-electron chi connectivity index (χ4n) is 1.91. The lowest BCUT2D eigenvalue weighted by molar-refractivity contribution is 0.0527. The molecule has 2 aromatic rings. The SMILES string of the molecule is Cn1cnnc1CNCC(C)(O)c1ccc(Br)cc1F. The Kier molecular flexibility index (Phi) is 4.52. The van der Waals surface area contributed by atoms with Crippen LogP contribution < -0.4 is 5.32 Å². The summed E-state index contributed by atoms with van der Waals surface area (Å²) in [6.45, 7) is 2.23. The van der Waals surface area contributed by atoms with Crippen molar-refractivity contribution in [1.82, 2.24) is 20.1 Å². The van der Waals surface area contributed by atoms with E-state index in [1.165, 1.54) is 6.07 Å². The van der Waals surface area contributed by atoms with Crippen LogP contribution in [0.5, 0.6) is 0 Å². The lowest BCUT2D eigenvalue weighted by Crippen LogP contribution is -2.36. The molecule has 2 N–H and O–H groups in total. The zero-order chi connectivity index (χ0) is 14.8. The van der Waals surface area contributed by atoms with Crippen molar-refractivity contribution in [3.63, 3.8) is 0 Å². The monoisotopic (exact) mass is 342 g/mol. The van der Waals surface area contributed by atoms with Gasteiger partial charge < -0.3 is 15.0 Å². The molecule has 108 valence electrons. The van der Waals surface area contributed by atoms with Gasteiger partial charge in [-0.2, -0.15) is 0 Å². The summed E-state index contributed by atoms with van der Waals surface area (Å²) in [7, 11) is 1.84. The first-order valence-electron chi connectivity index (χ1n) is 6.11. The molecule has 0 aliphatic heterocycles. The van der Waals surface area contributed by atoms with Gasteiger partial charge in [0.05, 0.1) is 6.54 Å². The fourth-order valence-corrected chi connectivity index (χ4v) is 2.24. The third-order valence-electron chi connectivity index (χ3n) is 3.07. The zero-order valence-corrected chi connectivity index (χ0v) is 12.9. The predicted octanol–water partition coefficient (Wildman–Crippen LogP) is 1.71. The minimum atomic E-state index is -1.30. The molecule has 0 radical (unpaired) electrons. The summed E-state index contributed by atoms with van der Waals surface area (Å²) in [4.78, 5) is 0. The molecule has 0 spiro atoms. The quantitative estimate of drug-likeness (QED) is 0.868. The molecule has 2 rings (SSSR count). The number of aromatic nitrogens is 3. The maximum Gasteiger partial charge on any atom is 0.146 e. The van der Waals surface area contributed by atoms with Crippen LogP contribution in [0, 0.1) is 5.82 Å². The van der Waals surface area contributed by atoms with E-state index in [1.54, 1.807) is 30.0 Å². The minimum Gasteiger partial charge on any atom is -0.384 e. The van der Waals surface area contributed by atoms with E-state index in [-0.39, 0.29) is 12.1 Å². The van der Waals surface area contributed by atoms with Gasteiger partial charge in [-0.25, -0.2) is 4.39 Å². The second-order valence-corrected chi connectivity index (χ2v) is 5.78. The minimum absolute atomic E-state index is 0.207. The highest BCUT2D eigenvalue weighted by atomic mass is 79.9. The molecule has 1 unspecified atom stereocenters. The first kappa shape index (κ1) is 15.1. The Balaban J connectivity index is 2.02. The van der Waals surface area contributed by atoms with E-state index in [1.807, 2.05) is 7.05 Å². The molecule has 0 bridgehead atoms. The van der Waals surface area contributed by atoms with Crippen LogP contribution in [0.1, 0.15) is 18.3 Å². The van der Waals surface area contributed by atoms with E-state index in [0.717, 1.165) is 5.82 Å². The molecule has 1 aromatic heterocycles. The van der Waals surface area contributed by atoms with Crippen LogP contribution in [0.3, 0.4) is 0 Å². The Hall–Kier alpha value is -1.31. The normalized spacial score (nSPS) is 14.2. The Morgan fingerprint density at radius 3 is 2.85 bits per heavy atom. The predicted molar refractivity (Wildman–Crippen MR) is 76.4 cm³/mol. The summed E-state index contributed by atoms with van der Waals surface area (Å²) in [5, 5.41) is 21.1. The van der Waals surface area contributed by atoms with Crippen LogP contribution >= 0.6 is 15.9 Å². The van der Waals surface area contributed by atoms with E-state index < -0.39 is 11.4 Å². The molecule has 5 nitrogen and oxygen atoms in total. The van der Waals surface area contributed by atoms with Crippen molar-refractivity contribution in [2.75, 3.05) is 6.54 Å².